The predicted molar refractivity (Wildman–Crippen MR) is 79.8 cm³/mol. The van der Waals surface area contributed by atoms with E-state index in [9.17, 15) is 10.2 Å². The molecule has 3 atom stereocenters. The maximum absolute atomic E-state index is 10.3. The molecule has 0 aliphatic carbocycles. The van der Waals surface area contributed by atoms with E-state index in [0.29, 0.717) is 5.92 Å². The molecule has 2 N–H and O–H groups in total. The Morgan fingerprint density at radius 3 is 1.83 bits per heavy atom. The van der Waals surface area contributed by atoms with Crippen molar-refractivity contribution in [1.29, 1.82) is 0 Å². The van der Waals surface area contributed by atoms with Gasteiger partial charge in [-0.25, -0.2) is 0 Å². The number of rotatable bonds is 5. The van der Waals surface area contributed by atoms with Crippen LogP contribution in [0.1, 0.15) is 20.8 Å². The number of aliphatic hydroxyl groups is 2. The highest BCUT2D eigenvalue weighted by molar-refractivity contribution is 6.91. The third-order valence-electron chi connectivity index (χ3n) is 3.93. The van der Waals surface area contributed by atoms with Gasteiger partial charge in [0, 0.05) is 0 Å². The fourth-order valence-corrected chi connectivity index (χ4v) is 7.25. The van der Waals surface area contributed by atoms with Gasteiger partial charge >= 0.3 is 0 Å². The Morgan fingerprint density at radius 1 is 0.944 bits per heavy atom. The van der Waals surface area contributed by atoms with Crippen molar-refractivity contribution < 1.29 is 10.2 Å². The summed E-state index contributed by atoms with van der Waals surface area (Å²) in [5, 5.41) is 21.4. The Hall–Kier alpha value is -0.643. The summed E-state index contributed by atoms with van der Waals surface area (Å²) in [5.74, 6) is 0.358. The van der Waals surface area contributed by atoms with Crippen LogP contribution in [0.4, 0.5) is 0 Å². The summed E-state index contributed by atoms with van der Waals surface area (Å²) in [6.07, 6.45) is -1.32. The molecule has 102 valence electrons. The molecular weight excluding hydrogens is 240 g/mol. The molecule has 0 amide bonds. The van der Waals surface area contributed by atoms with E-state index in [-0.39, 0.29) is 5.54 Å². The number of hydrogen-bond donors (Lipinski definition) is 2. The van der Waals surface area contributed by atoms with Crippen LogP contribution in [0.2, 0.25) is 18.6 Å². The highest BCUT2D eigenvalue weighted by Crippen LogP contribution is 2.34. The van der Waals surface area contributed by atoms with E-state index in [1.807, 2.05) is 6.07 Å². The first kappa shape index (κ1) is 15.4. The number of benzene rings is 1. The van der Waals surface area contributed by atoms with Gasteiger partial charge in [-0.3, -0.25) is 0 Å². The molecular formula is C15H26O2Si. The third kappa shape index (κ3) is 3.22. The summed E-state index contributed by atoms with van der Waals surface area (Å²) in [7, 11) is -1.81. The third-order valence-corrected chi connectivity index (χ3v) is 8.43. The van der Waals surface area contributed by atoms with Crippen molar-refractivity contribution in [2.75, 3.05) is 0 Å². The monoisotopic (exact) mass is 266 g/mol. The largest absolute Gasteiger partial charge is 0.391 e. The van der Waals surface area contributed by atoms with E-state index in [2.05, 4.69) is 51.2 Å². The second-order valence-corrected chi connectivity index (χ2v) is 10.8. The Kier molecular flexibility index (Phi) is 5.14. The number of hydrogen-bond acceptors (Lipinski definition) is 2. The van der Waals surface area contributed by atoms with Gasteiger partial charge in [-0.15, -0.1) is 0 Å². The minimum Gasteiger partial charge on any atom is -0.391 e. The molecule has 1 rings (SSSR count). The average molecular weight is 266 g/mol. The lowest BCUT2D eigenvalue weighted by molar-refractivity contribution is 0.0176. The summed E-state index contributed by atoms with van der Waals surface area (Å²) in [6, 6.07) is 10.4. The Balaban J connectivity index is 3.12. The van der Waals surface area contributed by atoms with Crippen LogP contribution in [0, 0.1) is 5.92 Å². The Labute approximate surface area is 112 Å². The molecule has 1 aromatic rings. The standard InChI is InChI=1S/C15H26O2Si/c1-11(2)15(14(17)12(3)16)18(4,5)13-9-7-6-8-10-13/h6-12,14-17H,1-5H3/t12-,14-,15-/m0/s1. The maximum atomic E-state index is 10.3. The van der Waals surface area contributed by atoms with Crippen molar-refractivity contribution in [2.24, 2.45) is 5.92 Å². The van der Waals surface area contributed by atoms with Gasteiger partial charge < -0.3 is 10.2 Å². The molecule has 0 fully saturated rings. The zero-order valence-electron chi connectivity index (χ0n) is 12.1. The maximum Gasteiger partial charge on any atom is 0.0865 e. The summed E-state index contributed by atoms with van der Waals surface area (Å²) >= 11 is 0. The molecule has 0 aromatic heterocycles. The van der Waals surface area contributed by atoms with Gasteiger partial charge in [0.2, 0.25) is 0 Å². The van der Waals surface area contributed by atoms with Crippen LogP contribution in [0.15, 0.2) is 30.3 Å². The molecule has 3 heteroatoms. The van der Waals surface area contributed by atoms with Crippen LogP contribution in [0.5, 0.6) is 0 Å². The molecule has 0 saturated carbocycles. The van der Waals surface area contributed by atoms with Crippen molar-refractivity contribution in [3.63, 3.8) is 0 Å². The van der Waals surface area contributed by atoms with Crippen LogP contribution in [0.25, 0.3) is 0 Å². The predicted octanol–water partition coefficient (Wildman–Crippen LogP) is 2.37. The normalized spacial score (nSPS) is 17.6. The number of aliphatic hydroxyl groups excluding tert-OH is 2. The second kappa shape index (κ2) is 6.00. The van der Waals surface area contributed by atoms with Crippen LogP contribution in [-0.4, -0.2) is 30.5 Å². The van der Waals surface area contributed by atoms with Crippen LogP contribution in [-0.2, 0) is 0 Å². The van der Waals surface area contributed by atoms with E-state index in [1.165, 1.54) is 5.19 Å². The molecule has 0 heterocycles. The quantitative estimate of drug-likeness (QED) is 0.803. The smallest absolute Gasteiger partial charge is 0.0865 e. The first-order chi connectivity index (χ1) is 8.28. The summed E-state index contributed by atoms with van der Waals surface area (Å²) < 4.78 is 0. The van der Waals surface area contributed by atoms with Gasteiger partial charge in [0.15, 0.2) is 0 Å². The Bertz CT molecular complexity index is 360. The molecule has 1 aromatic carbocycles. The SMILES string of the molecule is CC(C)[C@@H]([C@@H](O)[C@H](C)O)[Si](C)(C)c1ccccc1. The fraction of sp³-hybridized carbons (Fsp3) is 0.600. The van der Waals surface area contributed by atoms with Crippen molar-refractivity contribution in [1.82, 2.24) is 0 Å². The zero-order chi connectivity index (χ0) is 13.9. The molecule has 0 bridgehead atoms. The first-order valence-corrected chi connectivity index (χ1v) is 9.78. The Morgan fingerprint density at radius 2 is 1.44 bits per heavy atom. The van der Waals surface area contributed by atoms with Crippen LogP contribution < -0.4 is 5.19 Å². The summed E-state index contributed by atoms with van der Waals surface area (Å²) in [5.41, 5.74) is 0.153. The lowest BCUT2D eigenvalue weighted by Gasteiger charge is -2.40. The highest BCUT2D eigenvalue weighted by atomic mass is 28.3. The van der Waals surface area contributed by atoms with Gasteiger partial charge in [0.05, 0.1) is 20.3 Å². The average Bonchev–Trinajstić information content (AvgIpc) is 2.29. The van der Waals surface area contributed by atoms with Gasteiger partial charge in [0.1, 0.15) is 0 Å². The lowest BCUT2D eigenvalue weighted by Crippen LogP contribution is -2.53. The molecule has 18 heavy (non-hydrogen) atoms. The topological polar surface area (TPSA) is 40.5 Å². The second-order valence-electron chi connectivity index (χ2n) is 6.09. The molecule has 0 aliphatic heterocycles. The van der Waals surface area contributed by atoms with Crippen molar-refractivity contribution in [2.45, 2.75) is 51.6 Å². The van der Waals surface area contributed by atoms with Gasteiger partial charge in [-0.2, -0.15) is 0 Å². The van der Waals surface area contributed by atoms with Crippen molar-refractivity contribution in [3.05, 3.63) is 30.3 Å². The lowest BCUT2D eigenvalue weighted by atomic mass is 10.0. The van der Waals surface area contributed by atoms with Crippen molar-refractivity contribution in [3.8, 4) is 0 Å². The summed E-state index contributed by atoms with van der Waals surface area (Å²) in [4.78, 5) is 0. The van der Waals surface area contributed by atoms with Gasteiger partial charge in [-0.1, -0.05) is 62.5 Å². The molecule has 2 nitrogen and oxygen atoms in total. The first-order valence-electron chi connectivity index (χ1n) is 6.70. The zero-order valence-corrected chi connectivity index (χ0v) is 13.1. The van der Waals surface area contributed by atoms with E-state index in [1.54, 1.807) is 6.92 Å². The van der Waals surface area contributed by atoms with E-state index in [4.69, 9.17) is 0 Å². The van der Waals surface area contributed by atoms with E-state index < -0.39 is 20.3 Å². The highest BCUT2D eigenvalue weighted by Gasteiger charge is 2.41. The summed E-state index contributed by atoms with van der Waals surface area (Å²) in [6.45, 7) is 10.5. The van der Waals surface area contributed by atoms with Gasteiger partial charge in [-0.05, 0) is 18.4 Å². The van der Waals surface area contributed by atoms with Crippen molar-refractivity contribution >= 4 is 13.3 Å². The molecule has 0 unspecified atom stereocenters. The molecule has 0 saturated heterocycles. The van der Waals surface area contributed by atoms with Crippen LogP contribution >= 0.6 is 0 Å². The van der Waals surface area contributed by atoms with Gasteiger partial charge in [0.25, 0.3) is 0 Å². The van der Waals surface area contributed by atoms with E-state index in [0.717, 1.165) is 0 Å². The molecule has 0 spiro atoms. The molecule has 0 aliphatic rings. The van der Waals surface area contributed by atoms with E-state index >= 15 is 0 Å². The molecule has 0 radical (unpaired) electrons. The fourth-order valence-electron chi connectivity index (χ4n) is 3.01. The minimum absolute atomic E-state index is 0.153. The minimum atomic E-state index is -1.81. The van der Waals surface area contributed by atoms with Crippen LogP contribution in [0.3, 0.4) is 0 Å².